The van der Waals surface area contributed by atoms with Gasteiger partial charge in [-0.1, -0.05) is 24.3 Å². The van der Waals surface area contributed by atoms with Crippen LogP contribution in [-0.2, 0) is 5.41 Å². The maximum Gasteiger partial charge on any atom is 0.411 e. The molecule has 0 aliphatic rings. The number of alkyl halides is 6. The van der Waals surface area contributed by atoms with Gasteiger partial charge in [-0.15, -0.1) is 0 Å². The Hall–Kier alpha value is -4.42. The molecule has 0 unspecified atom stereocenters. The summed E-state index contributed by atoms with van der Waals surface area (Å²) in [5.41, 5.74) is -0.336. The Morgan fingerprint density at radius 3 is 0.923 bits per heavy atom. The van der Waals surface area contributed by atoms with Crippen molar-refractivity contribution in [3.8, 4) is 23.0 Å². The van der Waals surface area contributed by atoms with Gasteiger partial charge in [0.25, 0.3) is 0 Å². The van der Waals surface area contributed by atoms with E-state index in [1.54, 1.807) is 24.3 Å². The molecule has 39 heavy (non-hydrogen) atoms. The Morgan fingerprint density at radius 2 is 0.692 bits per heavy atom. The maximum absolute atomic E-state index is 14.5. The van der Waals surface area contributed by atoms with Gasteiger partial charge in [-0.05, 0) is 83.9 Å². The predicted molar refractivity (Wildman–Crippen MR) is 134 cm³/mol. The molecular formula is C27H22F6N4O2. The molecule has 4 rings (SSSR count). The number of hydrogen-bond donors (Lipinski definition) is 4. The number of hydrazine groups is 2. The molecule has 0 saturated carbocycles. The van der Waals surface area contributed by atoms with E-state index in [1.165, 1.54) is 24.3 Å². The van der Waals surface area contributed by atoms with Gasteiger partial charge in [-0.25, -0.2) is 0 Å². The van der Waals surface area contributed by atoms with Crippen LogP contribution in [0.2, 0.25) is 0 Å². The summed E-state index contributed by atoms with van der Waals surface area (Å²) in [7, 11) is 0. The quantitative estimate of drug-likeness (QED) is 0.105. The molecule has 6 N–H and O–H groups in total. The van der Waals surface area contributed by atoms with Crippen molar-refractivity contribution in [1.29, 1.82) is 0 Å². The molecule has 0 radical (unpaired) electrons. The van der Waals surface area contributed by atoms with Crippen molar-refractivity contribution in [3.63, 3.8) is 0 Å². The second-order valence-corrected chi connectivity index (χ2v) is 8.34. The van der Waals surface area contributed by atoms with Gasteiger partial charge < -0.3 is 20.3 Å². The molecule has 0 aromatic heterocycles. The highest BCUT2D eigenvalue weighted by atomic mass is 19.4. The van der Waals surface area contributed by atoms with Gasteiger partial charge >= 0.3 is 12.4 Å². The summed E-state index contributed by atoms with van der Waals surface area (Å²) in [5, 5.41) is 0. The van der Waals surface area contributed by atoms with Crippen LogP contribution in [0.5, 0.6) is 23.0 Å². The Bertz CT molecular complexity index is 1260. The van der Waals surface area contributed by atoms with Crippen molar-refractivity contribution in [1.82, 2.24) is 0 Å². The summed E-state index contributed by atoms with van der Waals surface area (Å²) in [4.78, 5) is 0. The van der Waals surface area contributed by atoms with E-state index in [9.17, 15) is 26.3 Å². The second-order valence-electron chi connectivity index (χ2n) is 8.34. The maximum atomic E-state index is 14.5. The summed E-state index contributed by atoms with van der Waals surface area (Å²) in [5.74, 6) is 11.3. The highest BCUT2D eigenvalue weighted by molar-refractivity contribution is 5.50. The number of halogens is 6. The van der Waals surface area contributed by atoms with E-state index >= 15 is 0 Å². The first-order chi connectivity index (χ1) is 18.5. The van der Waals surface area contributed by atoms with Crippen LogP contribution in [0.1, 0.15) is 11.1 Å². The largest absolute Gasteiger partial charge is 0.457 e. The van der Waals surface area contributed by atoms with Crippen molar-refractivity contribution >= 4 is 11.4 Å². The zero-order valence-corrected chi connectivity index (χ0v) is 20.0. The molecule has 204 valence electrons. The smallest absolute Gasteiger partial charge is 0.411 e. The lowest BCUT2D eigenvalue weighted by molar-refractivity contribution is -0.288. The molecular weight excluding hydrogens is 526 g/mol. The normalized spacial score (nSPS) is 12.1. The Kier molecular flexibility index (Phi) is 7.61. The molecule has 0 atom stereocenters. The number of anilines is 2. The van der Waals surface area contributed by atoms with Gasteiger partial charge in [0.15, 0.2) is 0 Å². The zero-order valence-electron chi connectivity index (χ0n) is 20.0. The third-order valence-electron chi connectivity index (χ3n) is 5.94. The van der Waals surface area contributed by atoms with Gasteiger partial charge in [0.2, 0.25) is 5.41 Å². The number of nitrogens with one attached hydrogen (secondary N) is 2. The SMILES string of the molecule is NNc1ccc(Oc2ccc(C(c3ccc(Oc4ccc(NN)cc4)cc3)(C(F)(F)F)C(F)(F)F)cc2)cc1. The van der Waals surface area contributed by atoms with Gasteiger partial charge in [0.1, 0.15) is 23.0 Å². The van der Waals surface area contributed by atoms with Gasteiger partial charge in [-0.2, -0.15) is 26.3 Å². The summed E-state index contributed by atoms with van der Waals surface area (Å²) < 4.78 is 97.9. The van der Waals surface area contributed by atoms with E-state index in [2.05, 4.69) is 10.9 Å². The fourth-order valence-corrected chi connectivity index (χ4v) is 4.04. The van der Waals surface area contributed by atoms with Crippen molar-refractivity contribution in [2.24, 2.45) is 11.7 Å². The van der Waals surface area contributed by atoms with Crippen molar-refractivity contribution in [2.45, 2.75) is 17.8 Å². The summed E-state index contributed by atoms with van der Waals surface area (Å²) in [6.07, 6.45) is -11.5. The van der Waals surface area contributed by atoms with Crippen LogP contribution in [0.25, 0.3) is 0 Å². The number of hydrogen-bond acceptors (Lipinski definition) is 6. The Morgan fingerprint density at radius 1 is 0.436 bits per heavy atom. The van der Waals surface area contributed by atoms with Gasteiger partial charge in [0.05, 0.1) is 0 Å². The van der Waals surface area contributed by atoms with Crippen LogP contribution in [0.4, 0.5) is 37.7 Å². The molecule has 0 amide bonds. The number of rotatable bonds is 8. The number of ether oxygens (including phenoxy) is 2. The lowest BCUT2D eigenvalue weighted by atomic mass is 9.73. The lowest BCUT2D eigenvalue weighted by Gasteiger charge is -2.38. The summed E-state index contributed by atoms with van der Waals surface area (Å²) in [6, 6.07) is 19.7. The molecule has 0 spiro atoms. The molecule has 4 aromatic carbocycles. The highest BCUT2D eigenvalue weighted by Gasteiger charge is 2.72. The van der Waals surface area contributed by atoms with Gasteiger partial charge in [0, 0.05) is 11.4 Å². The standard InChI is InChI=1S/C27H22F6N4O2/c28-26(29,30)25(27(31,32)33,17-1-9-21(10-2-17)38-23-13-5-19(36-34)6-14-23)18-3-11-22(12-4-18)39-24-15-7-20(37-35)8-16-24/h1-16,36-37H,34-35H2. The third-order valence-corrected chi connectivity index (χ3v) is 5.94. The van der Waals surface area contributed by atoms with Crippen molar-refractivity contribution in [3.05, 3.63) is 108 Å². The second kappa shape index (κ2) is 10.8. The third kappa shape index (κ3) is 5.56. The Labute approximate surface area is 219 Å². The lowest BCUT2D eigenvalue weighted by Crippen LogP contribution is -2.54. The van der Waals surface area contributed by atoms with Crippen LogP contribution in [0.3, 0.4) is 0 Å². The Balaban J connectivity index is 1.68. The first-order valence-corrected chi connectivity index (χ1v) is 11.3. The molecule has 0 saturated heterocycles. The molecule has 0 heterocycles. The minimum atomic E-state index is -5.73. The topological polar surface area (TPSA) is 94.6 Å². The van der Waals surface area contributed by atoms with Crippen LogP contribution in [0, 0.1) is 0 Å². The van der Waals surface area contributed by atoms with Crippen LogP contribution in [0.15, 0.2) is 97.1 Å². The molecule has 6 nitrogen and oxygen atoms in total. The summed E-state index contributed by atoms with van der Waals surface area (Å²) >= 11 is 0. The molecule has 0 aliphatic carbocycles. The number of nitrogen functional groups attached to an aromatic ring is 2. The van der Waals surface area contributed by atoms with E-state index < -0.39 is 28.9 Å². The monoisotopic (exact) mass is 548 g/mol. The van der Waals surface area contributed by atoms with E-state index in [-0.39, 0.29) is 11.5 Å². The fraction of sp³-hybridized carbons (Fsp3) is 0.111. The number of benzene rings is 4. The number of nitrogens with two attached hydrogens (primary N) is 2. The van der Waals surface area contributed by atoms with E-state index in [0.717, 1.165) is 48.5 Å². The predicted octanol–water partition coefficient (Wildman–Crippen LogP) is 7.25. The van der Waals surface area contributed by atoms with Crippen LogP contribution < -0.4 is 32.0 Å². The van der Waals surface area contributed by atoms with Crippen LogP contribution in [-0.4, -0.2) is 12.4 Å². The minimum Gasteiger partial charge on any atom is -0.457 e. The first-order valence-electron chi connectivity index (χ1n) is 11.3. The highest BCUT2D eigenvalue weighted by Crippen LogP contribution is 2.56. The molecule has 0 aliphatic heterocycles. The van der Waals surface area contributed by atoms with Crippen molar-refractivity contribution < 1.29 is 35.8 Å². The molecule has 4 aromatic rings. The molecule has 12 heteroatoms. The van der Waals surface area contributed by atoms with Gasteiger partial charge in [-0.3, -0.25) is 11.7 Å². The van der Waals surface area contributed by atoms with Crippen LogP contribution >= 0.6 is 0 Å². The zero-order chi connectivity index (χ0) is 28.3. The minimum absolute atomic E-state index is 0.0464. The average Bonchev–Trinajstić information content (AvgIpc) is 2.90. The molecule has 0 fully saturated rings. The van der Waals surface area contributed by atoms with E-state index in [4.69, 9.17) is 21.2 Å². The van der Waals surface area contributed by atoms with E-state index in [0.29, 0.717) is 22.9 Å². The van der Waals surface area contributed by atoms with E-state index in [1.807, 2.05) is 0 Å². The van der Waals surface area contributed by atoms with Crippen molar-refractivity contribution in [2.75, 3.05) is 10.9 Å². The summed E-state index contributed by atoms with van der Waals surface area (Å²) in [6.45, 7) is 0. The average molecular weight is 548 g/mol. The molecule has 0 bridgehead atoms. The first kappa shape index (κ1) is 27.6. The fourth-order valence-electron chi connectivity index (χ4n) is 4.04.